The quantitative estimate of drug-likeness (QED) is 0.828. The lowest BCUT2D eigenvalue weighted by atomic mass is 10.2. The average molecular weight is 322 g/mol. The average Bonchev–Trinajstić information content (AvgIpc) is 2.94. The van der Waals surface area contributed by atoms with Gasteiger partial charge in [-0.2, -0.15) is 0 Å². The normalized spacial score (nSPS) is 10.7. The first kappa shape index (κ1) is 15.8. The summed E-state index contributed by atoms with van der Waals surface area (Å²) in [5, 5.41) is 11.7. The number of nitrogens with one attached hydrogen (secondary N) is 1. The van der Waals surface area contributed by atoms with Gasteiger partial charge in [0.2, 0.25) is 11.0 Å². The summed E-state index contributed by atoms with van der Waals surface area (Å²) >= 11 is 2.87. The van der Waals surface area contributed by atoms with Crippen LogP contribution in [0.4, 0.5) is 10.8 Å². The molecule has 0 saturated heterocycles. The summed E-state index contributed by atoms with van der Waals surface area (Å²) in [7, 11) is 1.80. The molecule has 0 atom stereocenters. The second-order valence-corrected chi connectivity index (χ2v) is 6.80. The first-order valence-corrected chi connectivity index (χ1v) is 8.43. The SMILES string of the molecule is CNc1nnc(SCC(=O)N(c2ccccc2)C(C)C)s1. The van der Waals surface area contributed by atoms with E-state index in [1.807, 2.05) is 49.1 Å². The molecular weight excluding hydrogens is 304 g/mol. The summed E-state index contributed by atoms with van der Waals surface area (Å²) in [5.74, 6) is 0.424. The predicted octanol–water partition coefficient (Wildman–Crippen LogP) is 3.11. The number of hydrogen-bond donors (Lipinski definition) is 1. The second kappa shape index (κ2) is 7.42. The Labute approximate surface area is 132 Å². The summed E-state index contributed by atoms with van der Waals surface area (Å²) in [6.07, 6.45) is 0. The van der Waals surface area contributed by atoms with E-state index in [1.54, 1.807) is 7.05 Å². The van der Waals surface area contributed by atoms with Gasteiger partial charge in [0.05, 0.1) is 5.75 Å². The zero-order valence-corrected chi connectivity index (χ0v) is 13.9. The topological polar surface area (TPSA) is 58.1 Å². The number of anilines is 2. The number of rotatable bonds is 6. The van der Waals surface area contributed by atoms with Crippen molar-refractivity contribution in [2.75, 3.05) is 23.0 Å². The van der Waals surface area contributed by atoms with Crippen molar-refractivity contribution in [1.82, 2.24) is 10.2 Å². The Balaban J connectivity index is 2.02. The van der Waals surface area contributed by atoms with Crippen LogP contribution in [-0.4, -0.2) is 34.9 Å². The Morgan fingerprint density at radius 2 is 2.05 bits per heavy atom. The molecule has 2 aromatic rings. The van der Waals surface area contributed by atoms with Crippen LogP contribution >= 0.6 is 23.1 Å². The van der Waals surface area contributed by atoms with Crippen LogP contribution in [0.25, 0.3) is 0 Å². The fourth-order valence-corrected chi connectivity index (χ4v) is 3.45. The van der Waals surface area contributed by atoms with Gasteiger partial charge in [-0.3, -0.25) is 4.79 Å². The number of carbonyl (C=O) groups excluding carboxylic acids is 1. The molecule has 1 aromatic heterocycles. The van der Waals surface area contributed by atoms with E-state index in [0.717, 1.165) is 15.2 Å². The smallest absolute Gasteiger partial charge is 0.237 e. The van der Waals surface area contributed by atoms with Crippen molar-refractivity contribution >= 4 is 39.8 Å². The lowest BCUT2D eigenvalue weighted by Crippen LogP contribution is -2.38. The molecule has 1 aromatic carbocycles. The Kier molecular flexibility index (Phi) is 5.58. The number of carbonyl (C=O) groups is 1. The predicted molar refractivity (Wildman–Crippen MR) is 89.2 cm³/mol. The summed E-state index contributed by atoms with van der Waals surface area (Å²) in [6, 6.07) is 9.84. The van der Waals surface area contributed by atoms with Crippen molar-refractivity contribution in [3.8, 4) is 0 Å². The Hall–Kier alpha value is -1.60. The maximum absolute atomic E-state index is 12.5. The van der Waals surface area contributed by atoms with Gasteiger partial charge in [-0.25, -0.2) is 0 Å². The molecule has 0 saturated carbocycles. The molecule has 112 valence electrons. The maximum Gasteiger partial charge on any atom is 0.237 e. The van der Waals surface area contributed by atoms with Gasteiger partial charge in [0, 0.05) is 18.8 Å². The van der Waals surface area contributed by atoms with E-state index in [-0.39, 0.29) is 11.9 Å². The number of nitrogens with zero attached hydrogens (tertiary/aromatic N) is 3. The van der Waals surface area contributed by atoms with Crippen molar-refractivity contribution in [1.29, 1.82) is 0 Å². The van der Waals surface area contributed by atoms with Crippen molar-refractivity contribution < 1.29 is 4.79 Å². The lowest BCUT2D eigenvalue weighted by molar-refractivity contribution is -0.116. The first-order valence-electron chi connectivity index (χ1n) is 6.63. The van der Waals surface area contributed by atoms with Gasteiger partial charge in [0.25, 0.3) is 0 Å². The molecule has 7 heteroatoms. The third kappa shape index (κ3) is 4.18. The highest BCUT2D eigenvalue weighted by molar-refractivity contribution is 8.01. The number of thioether (sulfide) groups is 1. The summed E-state index contributed by atoms with van der Waals surface area (Å²) in [5.41, 5.74) is 0.922. The molecule has 2 rings (SSSR count). The van der Waals surface area contributed by atoms with Crippen LogP contribution in [0.5, 0.6) is 0 Å². The molecule has 0 aliphatic carbocycles. The van der Waals surface area contributed by atoms with Crippen LogP contribution in [-0.2, 0) is 4.79 Å². The van der Waals surface area contributed by atoms with E-state index in [1.165, 1.54) is 23.1 Å². The van der Waals surface area contributed by atoms with E-state index in [4.69, 9.17) is 0 Å². The van der Waals surface area contributed by atoms with Crippen LogP contribution in [0.1, 0.15) is 13.8 Å². The molecule has 0 aliphatic heterocycles. The molecule has 0 aliphatic rings. The monoisotopic (exact) mass is 322 g/mol. The lowest BCUT2D eigenvalue weighted by Gasteiger charge is -2.26. The van der Waals surface area contributed by atoms with Gasteiger partial charge in [-0.1, -0.05) is 41.3 Å². The van der Waals surface area contributed by atoms with Crippen LogP contribution < -0.4 is 10.2 Å². The highest BCUT2D eigenvalue weighted by atomic mass is 32.2. The minimum absolute atomic E-state index is 0.0717. The standard InChI is InChI=1S/C14H18N4OS2/c1-10(2)18(11-7-5-4-6-8-11)12(19)9-20-14-17-16-13(15-3)21-14/h4-8,10H,9H2,1-3H3,(H,15,16). The van der Waals surface area contributed by atoms with E-state index >= 15 is 0 Å². The minimum Gasteiger partial charge on any atom is -0.363 e. The highest BCUT2D eigenvalue weighted by Gasteiger charge is 2.19. The number of benzene rings is 1. The molecule has 0 unspecified atom stereocenters. The van der Waals surface area contributed by atoms with Crippen molar-refractivity contribution in [2.45, 2.75) is 24.2 Å². The van der Waals surface area contributed by atoms with Crippen LogP contribution in [0.15, 0.2) is 34.7 Å². The fraction of sp³-hybridized carbons (Fsp3) is 0.357. The molecule has 0 spiro atoms. The molecule has 1 amide bonds. The third-order valence-electron chi connectivity index (χ3n) is 2.76. The number of hydrogen-bond acceptors (Lipinski definition) is 6. The minimum atomic E-state index is 0.0717. The number of aromatic nitrogens is 2. The molecule has 1 N–H and O–H groups in total. The van der Waals surface area contributed by atoms with Gasteiger partial charge in [0.15, 0.2) is 4.34 Å². The van der Waals surface area contributed by atoms with Crippen molar-refractivity contribution in [3.05, 3.63) is 30.3 Å². The van der Waals surface area contributed by atoms with Gasteiger partial charge in [-0.15, -0.1) is 10.2 Å². The van der Waals surface area contributed by atoms with Crippen LogP contribution in [0.2, 0.25) is 0 Å². The zero-order valence-electron chi connectivity index (χ0n) is 12.2. The number of para-hydroxylation sites is 1. The summed E-state index contributed by atoms with van der Waals surface area (Å²) in [6.45, 7) is 4.03. The van der Waals surface area contributed by atoms with E-state index < -0.39 is 0 Å². The number of amides is 1. The summed E-state index contributed by atoms with van der Waals surface area (Å²) in [4.78, 5) is 14.3. The fourth-order valence-electron chi connectivity index (χ4n) is 1.88. The maximum atomic E-state index is 12.5. The van der Waals surface area contributed by atoms with E-state index in [0.29, 0.717) is 5.75 Å². The Bertz CT molecular complexity index is 586. The van der Waals surface area contributed by atoms with E-state index in [9.17, 15) is 4.79 Å². The van der Waals surface area contributed by atoms with Crippen LogP contribution in [0, 0.1) is 0 Å². The Morgan fingerprint density at radius 1 is 1.33 bits per heavy atom. The summed E-state index contributed by atoms with van der Waals surface area (Å²) < 4.78 is 0.796. The first-order chi connectivity index (χ1) is 10.1. The third-order valence-corrected chi connectivity index (χ3v) is 4.82. The largest absolute Gasteiger partial charge is 0.363 e. The second-order valence-electron chi connectivity index (χ2n) is 4.60. The van der Waals surface area contributed by atoms with Gasteiger partial charge in [0.1, 0.15) is 0 Å². The van der Waals surface area contributed by atoms with Gasteiger partial charge in [-0.05, 0) is 26.0 Å². The molecular formula is C14H18N4OS2. The zero-order chi connectivity index (χ0) is 15.2. The van der Waals surface area contributed by atoms with E-state index in [2.05, 4.69) is 15.5 Å². The molecule has 0 bridgehead atoms. The molecule has 0 fully saturated rings. The molecule has 5 nitrogen and oxygen atoms in total. The van der Waals surface area contributed by atoms with Crippen molar-refractivity contribution in [3.63, 3.8) is 0 Å². The van der Waals surface area contributed by atoms with Gasteiger partial charge < -0.3 is 10.2 Å². The molecule has 0 radical (unpaired) electrons. The Morgan fingerprint density at radius 3 is 2.62 bits per heavy atom. The van der Waals surface area contributed by atoms with Crippen molar-refractivity contribution in [2.24, 2.45) is 0 Å². The highest BCUT2D eigenvalue weighted by Crippen LogP contribution is 2.26. The molecule has 21 heavy (non-hydrogen) atoms. The molecule has 1 heterocycles. The van der Waals surface area contributed by atoms with Gasteiger partial charge >= 0.3 is 0 Å². The van der Waals surface area contributed by atoms with Crippen LogP contribution in [0.3, 0.4) is 0 Å².